The molecule has 0 atom stereocenters. The number of ketones is 1. The molecule has 1 aromatic rings. The number of rotatable bonds is 1. The lowest BCUT2D eigenvalue weighted by atomic mass is 10.2. The second-order valence-corrected chi connectivity index (χ2v) is 3.56. The third-order valence-corrected chi connectivity index (χ3v) is 2.76. The Labute approximate surface area is 69.4 Å². The molecular weight excluding hydrogens is 156 g/mol. The minimum Gasteiger partial charge on any atom is -0.295 e. The van der Waals surface area contributed by atoms with Crippen LogP contribution in [0.1, 0.15) is 17.7 Å². The molecule has 56 valence electrons. The summed E-state index contributed by atoms with van der Waals surface area (Å²) in [6.07, 6.45) is 3.40. The van der Waals surface area contributed by atoms with Gasteiger partial charge >= 0.3 is 0 Å². The molecule has 1 heterocycles. The van der Waals surface area contributed by atoms with Crippen LogP contribution in [0.15, 0.2) is 23.6 Å². The monoisotopic (exact) mass is 164 g/mol. The maximum Gasteiger partial charge on any atom is 0.156 e. The lowest BCUT2D eigenvalue weighted by Gasteiger charge is -1.92. The first-order chi connectivity index (χ1) is 5.36. The SMILES string of the molecule is O=C1C=C(c2cccs2)CC1. The molecule has 0 spiro atoms. The van der Waals surface area contributed by atoms with Crippen molar-refractivity contribution in [2.24, 2.45) is 0 Å². The predicted molar refractivity (Wildman–Crippen MR) is 46.5 cm³/mol. The van der Waals surface area contributed by atoms with E-state index < -0.39 is 0 Å². The molecule has 1 nitrogen and oxygen atoms in total. The molecule has 0 N–H and O–H groups in total. The molecule has 0 unspecified atom stereocenters. The van der Waals surface area contributed by atoms with Gasteiger partial charge in [-0.15, -0.1) is 11.3 Å². The Morgan fingerprint density at radius 2 is 2.27 bits per heavy atom. The second kappa shape index (κ2) is 2.62. The number of hydrogen-bond donors (Lipinski definition) is 0. The van der Waals surface area contributed by atoms with Crippen LogP contribution < -0.4 is 0 Å². The van der Waals surface area contributed by atoms with Crippen LogP contribution in [0.4, 0.5) is 0 Å². The first-order valence-corrected chi connectivity index (χ1v) is 4.51. The highest BCUT2D eigenvalue weighted by Crippen LogP contribution is 2.28. The van der Waals surface area contributed by atoms with Gasteiger partial charge in [-0.3, -0.25) is 4.79 Å². The van der Waals surface area contributed by atoms with Crippen molar-refractivity contribution in [1.29, 1.82) is 0 Å². The Morgan fingerprint density at radius 1 is 1.36 bits per heavy atom. The number of allylic oxidation sites excluding steroid dienone is 2. The topological polar surface area (TPSA) is 17.1 Å². The quantitative estimate of drug-likeness (QED) is 0.623. The number of thiophene rings is 1. The van der Waals surface area contributed by atoms with Crippen LogP contribution in [-0.4, -0.2) is 5.78 Å². The van der Waals surface area contributed by atoms with Crippen molar-refractivity contribution in [1.82, 2.24) is 0 Å². The largest absolute Gasteiger partial charge is 0.295 e. The van der Waals surface area contributed by atoms with E-state index in [4.69, 9.17) is 0 Å². The minimum absolute atomic E-state index is 0.272. The third kappa shape index (κ3) is 1.26. The van der Waals surface area contributed by atoms with Gasteiger partial charge < -0.3 is 0 Å². The smallest absolute Gasteiger partial charge is 0.156 e. The second-order valence-electron chi connectivity index (χ2n) is 2.61. The Hall–Kier alpha value is -0.890. The summed E-state index contributed by atoms with van der Waals surface area (Å²) in [6.45, 7) is 0. The Kier molecular flexibility index (Phi) is 1.62. The highest BCUT2D eigenvalue weighted by Gasteiger charge is 2.13. The fourth-order valence-corrected chi connectivity index (χ4v) is 2.03. The van der Waals surface area contributed by atoms with Crippen molar-refractivity contribution in [2.75, 3.05) is 0 Å². The maximum atomic E-state index is 10.9. The zero-order valence-electron chi connectivity index (χ0n) is 6.04. The summed E-state index contributed by atoms with van der Waals surface area (Å²) < 4.78 is 0. The fraction of sp³-hybridized carbons (Fsp3) is 0.222. The summed E-state index contributed by atoms with van der Waals surface area (Å²) in [5.41, 5.74) is 1.21. The van der Waals surface area contributed by atoms with Crippen molar-refractivity contribution in [3.05, 3.63) is 28.5 Å². The van der Waals surface area contributed by atoms with Crippen molar-refractivity contribution in [3.8, 4) is 0 Å². The van der Waals surface area contributed by atoms with E-state index in [1.165, 1.54) is 10.5 Å². The van der Waals surface area contributed by atoms with E-state index in [2.05, 4.69) is 6.07 Å². The summed E-state index contributed by atoms with van der Waals surface area (Å²) in [7, 11) is 0. The average molecular weight is 164 g/mol. The minimum atomic E-state index is 0.272. The van der Waals surface area contributed by atoms with Crippen LogP contribution in [0, 0.1) is 0 Å². The number of hydrogen-bond acceptors (Lipinski definition) is 2. The van der Waals surface area contributed by atoms with Gasteiger partial charge in [-0.25, -0.2) is 0 Å². The van der Waals surface area contributed by atoms with Gasteiger partial charge in [0.15, 0.2) is 5.78 Å². The molecule has 0 saturated heterocycles. The standard InChI is InChI=1S/C9H8OS/c10-8-4-3-7(6-8)9-2-1-5-11-9/h1-2,5-6H,3-4H2. The van der Waals surface area contributed by atoms with Crippen LogP contribution in [0.3, 0.4) is 0 Å². The molecule has 1 aromatic heterocycles. The van der Waals surface area contributed by atoms with Gasteiger partial charge in [-0.05, 0) is 29.5 Å². The molecule has 11 heavy (non-hydrogen) atoms. The molecule has 0 fully saturated rings. The van der Waals surface area contributed by atoms with E-state index >= 15 is 0 Å². The molecule has 0 aliphatic heterocycles. The average Bonchev–Trinajstić information content (AvgIpc) is 2.55. The van der Waals surface area contributed by atoms with Gasteiger partial charge in [0, 0.05) is 11.3 Å². The maximum absolute atomic E-state index is 10.9. The fourth-order valence-electron chi connectivity index (χ4n) is 1.25. The summed E-state index contributed by atoms with van der Waals surface area (Å²) >= 11 is 1.70. The molecule has 0 amide bonds. The molecule has 0 aromatic carbocycles. The van der Waals surface area contributed by atoms with Crippen LogP contribution in [0.2, 0.25) is 0 Å². The van der Waals surface area contributed by atoms with Crippen molar-refractivity contribution >= 4 is 22.7 Å². The van der Waals surface area contributed by atoms with E-state index in [9.17, 15) is 4.79 Å². The van der Waals surface area contributed by atoms with Crippen molar-refractivity contribution < 1.29 is 4.79 Å². The van der Waals surface area contributed by atoms with Gasteiger partial charge in [-0.1, -0.05) is 6.07 Å². The highest BCUT2D eigenvalue weighted by atomic mass is 32.1. The lowest BCUT2D eigenvalue weighted by Crippen LogP contribution is -1.80. The van der Waals surface area contributed by atoms with Crippen LogP contribution in [0.5, 0.6) is 0 Å². The first-order valence-electron chi connectivity index (χ1n) is 3.63. The molecule has 2 rings (SSSR count). The molecule has 0 bridgehead atoms. The van der Waals surface area contributed by atoms with E-state index in [0.717, 1.165) is 6.42 Å². The van der Waals surface area contributed by atoms with E-state index in [1.54, 1.807) is 17.4 Å². The lowest BCUT2D eigenvalue weighted by molar-refractivity contribution is -0.114. The highest BCUT2D eigenvalue weighted by molar-refractivity contribution is 7.11. The zero-order valence-corrected chi connectivity index (χ0v) is 6.86. The van der Waals surface area contributed by atoms with Crippen LogP contribution in [0.25, 0.3) is 5.57 Å². The normalized spacial score (nSPS) is 17.1. The Morgan fingerprint density at radius 3 is 2.82 bits per heavy atom. The summed E-state index contributed by atoms with van der Waals surface area (Å²) in [5.74, 6) is 0.272. The van der Waals surface area contributed by atoms with Gasteiger partial charge in [0.2, 0.25) is 0 Å². The van der Waals surface area contributed by atoms with E-state index in [0.29, 0.717) is 6.42 Å². The summed E-state index contributed by atoms with van der Waals surface area (Å²) in [4.78, 5) is 12.1. The van der Waals surface area contributed by atoms with Gasteiger partial charge in [-0.2, -0.15) is 0 Å². The van der Waals surface area contributed by atoms with Crippen LogP contribution in [-0.2, 0) is 4.79 Å². The first kappa shape index (κ1) is 6.80. The Balaban J connectivity index is 2.31. The van der Waals surface area contributed by atoms with Crippen LogP contribution >= 0.6 is 11.3 Å². The van der Waals surface area contributed by atoms with E-state index in [1.807, 2.05) is 11.4 Å². The van der Waals surface area contributed by atoms with Crippen molar-refractivity contribution in [3.63, 3.8) is 0 Å². The van der Waals surface area contributed by atoms with Crippen molar-refractivity contribution in [2.45, 2.75) is 12.8 Å². The summed E-state index contributed by atoms with van der Waals surface area (Å²) in [5, 5.41) is 2.04. The number of carbonyl (C=O) groups excluding carboxylic acids is 1. The van der Waals surface area contributed by atoms with Gasteiger partial charge in [0.25, 0.3) is 0 Å². The molecule has 0 radical (unpaired) electrons. The zero-order chi connectivity index (χ0) is 7.68. The molecule has 1 aliphatic rings. The third-order valence-electron chi connectivity index (χ3n) is 1.81. The van der Waals surface area contributed by atoms with Gasteiger partial charge in [0.05, 0.1) is 0 Å². The molecule has 0 saturated carbocycles. The molecular formula is C9H8OS. The predicted octanol–water partition coefficient (Wildman–Crippen LogP) is 2.49. The van der Waals surface area contributed by atoms with Gasteiger partial charge in [0.1, 0.15) is 0 Å². The number of carbonyl (C=O) groups is 1. The molecule has 1 aliphatic carbocycles. The Bertz CT molecular complexity index is 295. The molecule has 2 heteroatoms. The summed E-state index contributed by atoms with van der Waals surface area (Å²) in [6, 6.07) is 4.08. The van der Waals surface area contributed by atoms with E-state index in [-0.39, 0.29) is 5.78 Å².